The minimum atomic E-state index is -0.428. The third kappa shape index (κ3) is 3.09. The summed E-state index contributed by atoms with van der Waals surface area (Å²) in [6.07, 6.45) is 1.76. The highest BCUT2D eigenvalue weighted by Gasteiger charge is 2.36. The van der Waals surface area contributed by atoms with Gasteiger partial charge in [0.1, 0.15) is 0 Å². The molecule has 0 saturated carbocycles. The molecule has 1 fully saturated rings. The van der Waals surface area contributed by atoms with Crippen LogP contribution in [-0.2, 0) is 9.59 Å². The van der Waals surface area contributed by atoms with Crippen LogP contribution in [0.1, 0.15) is 6.42 Å². The van der Waals surface area contributed by atoms with Gasteiger partial charge in [-0.3, -0.25) is 9.59 Å². The highest BCUT2D eigenvalue weighted by molar-refractivity contribution is 7.13. The molecule has 8 heteroatoms. The van der Waals surface area contributed by atoms with Gasteiger partial charge in [-0.05, 0) is 18.2 Å². The van der Waals surface area contributed by atoms with Crippen molar-refractivity contribution < 1.29 is 9.59 Å². The van der Waals surface area contributed by atoms with E-state index in [1.165, 1.54) is 16.2 Å². The van der Waals surface area contributed by atoms with Crippen molar-refractivity contribution >= 4 is 57.2 Å². The van der Waals surface area contributed by atoms with Gasteiger partial charge in [0.15, 0.2) is 5.13 Å². The number of nitrogens with one attached hydrogen (secondary N) is 1. The predicted octanol–water partition coefficient (Wildman–Crippen LogP) is 3.44. The molecule has 1 aromatic carbocycles. The fourth-order valence-electron chi connectivity index (χ4n) is 2.31. The van der Waals surface area contributed by atoms with Gasteiger partial charge < -0.3 is 10.2 Å². The molecular weight excluding hydrogens is 345 g/mol. The summed E-state index contributed by atoms with van der Waals surface area (Å²) in [7, 11) is 0. The maximum atomic E-state index is 12.2. The van der Waals surface area contributed by atoms with Gasteiger partial charge in [0, 0.05) is 29.6 Å². The third-order valence-corrected chi connectivity index (χ3v) is 4.59. The Hall–Kier alpha value is -1.63. The summed E-state index contributed by atoms with van der Waals surface area (Å²) in [6.45, 7) is 0.289. The molecule has 1 aliphatic heterocycles. The number of benzene rings is 1. The summed E-state index contributed by atoms with van der Waals surface area (Å²) in [5.41, 5.74) is 0.570. The first kappa shape index (κ1) is 15.3. The van der Waals surface area contributed by atoms with Gasteiger partial charge in [0.25, 0.3) is 0 Å². The molecule has 2 amide bonds. The van der Waals surface area contributed by atoms with Gasteiger partial charge in [-0.1, -0.05) is 23.2 Å². The molecule has 0 bridgehead atoms. The van der Waals surface area contributed by atoms with E-state index in [0.717, 1.165) is 0 Å². The van der Waals surface area contributed by atoms with Crippen LogP contribution in [0.3, 0.4) is 0 Å². The molecule has 1 saturated heterocycles. The molecule has 1 aliphatic rings. The number of thiazole rings is 1. The normalized spacial score (nSPS) is 17.8. The number of nitrogens with zero attached hydrogens (tertiary/aromatic N) is 2. The largest absolute Gasteiger partial charge is 0.310 e. The van der Waals surface area contributed by atoms with E-state index in [1.807, 2.05) is 0 Å². The number of hydrogen-bond donors (Lipinski definition) is 1. The fourth-order valence-corrected chi connectivity index (χ4v) is 3.35. The minimum Gasteiger partial charge on any atom is -0.310 e. The molecule has 0 aliphatic carbocycles. The first-order chi connectivity index (χ1) is 10.5. The van der Waals surface area contributed by atoms with E-state index in [2.05, 4.69) is 10.3 Å². The van der Waals surface area contributed by atoms with E-state index in [4.69, 9.17) is 23.2 Å². The lowest BCUT2D eigenvalue weighted by molar-refractivity contribution is -0.122. The van der Waals surface area contributed by atoms with Gasteiger partial charge in [0.2, 0.25) is 11.8 Å². The lowest BCUT2D eigenvalue weighted by atomic mass is 10.1. The molecule has 0 spiro atoms. The van der Waals surface area contributed by atoms with Crippen molar-refractivity contribution in [3.8, 4) is 0 Å². The van der Waals surface area contributed by atoms with Crippen LogP contribution < -0.4 is 10.2 Å². The molecule has 2 aromatic rings. The Morgan fingerprint density at radius 2 is 2.23 bits per heavy atom. The second-order valence-electron chi connectivity index (χ2n) is 4.83. The molecule has 114 valence electrons. The summed E-state index contributed by atoms with van der Waals surface area (Å²) in [6, 6.07) is 4.93. The molecule has 0 radical (unpaired) electrons. The summed E-state index contributed by atoms with van der Waals surface area (Å²) < 4.78 is 0. The molecule has 2 heterocycles. The van der Waals surface area contributed by atoms with Crippen molar-refractivity contribution in [2.45, 2.75) is 6.42 Å². The Labute approximate surface area is 140 Å². The second kappa shape index (κ2) is 6.24. The quantitative estimate of drug-likeness (QED) is 0.916. The van der Waals surface area contributed by atoms with Crippen molar-refractivity contribution in [1.29, 1.82) is 0 Å². The smallest absolute Gasteiger partial charge is 0.231 e. The molecule has 22 heavy (non-hydrogen) atoms. The molecule has 1 aromatic heterocycles. The number of rotatable bonds is 3. The first-order valence-corrected chi connectivity index (χ1v) is 8.14. The highest BCUT2D eigenvalue weighted by atomic mass is 35.5. The maximum Gasteiger partial charge on any atom is 0.231 e. The molecule has 1 N–H and O–H groups in total. The average Bonchev–Trinajstić information content (AvgIpc) is 3.09. The zero-order chi connectivity index (χ0) is 15.7. The zero-order valence-corrected chi connectivity index (χ0v) is 13.6. The number of halogens is 2. The van der Waals surface area contributed by atoms with E-state index >= 15 is 0 Å². The van der Waals surface area contributed by atoms with Gasteiger partial charge in [-0.15, -0.1) is 11.3 Å². The Bertz CT molecular complexity index is 721. The van der Waals surface area contributed by atoms with Gasteiger partial charge >= 0.3 is 0 Å². The Morgan fingerprint density at radius 3 is 2.91 bits per heavy atom. The Balaban J connectivity index is 1.74. The second-order valence-corrected chi connectivity index (χ2v) is 6.57. The van der Waals surface area contributed by atoms with Crippen molar-refractivity contribution in [2.75, 3.05) is 16.8 Å². The van der Waals surface area contributed by atoms with E-state index in [0.29, 0.717) is 20.9 Å². The Morgan fingerprint density at radius 1 is 1.41 bits per heavy atom. The summed E-state index contributed by atoms with van der Waals surface area (Å²) in [5.74, 6) is -0.775. The summed E-state index contributed by atoms with van der Waals surface area (Å²) in [4.78, 5) is 29.9. The van der Waals surface area contributed by atoms with E-state index in [-0.39, 0.29) is 24.8 Å². The zero-order valence-electron chi connectivity index (χ0n) is 11.3. The van der Waals surface area contributed by atoms with E-state index in [1.54, 1.807) is 29.8 Å². The first-order valence-electron chi connectivity index (χ1n) is 6.50. The van der Waals surface area contributed by atoms with Crippen LogP contribution in [-0.4, -0.2) is 23.3 Å². The number of hydrogen-bond acceptors (Lipinski definition) is 4. The standard InChI is InChI=1S/C14H11Cl2N3O2S/c15-9-1-2-11(10(16)6-9)19-7-8(5-12(19)20)13(21)18-14-17-3-4-22-14/h1-4,6,8H,5,7H2,(H,17,18,21). The van der Waals surface area contributed by atoms with Crippen LogP contribution >= 0.6 is 34.5 Å². The topological polar surface area (TPSA) is 62.3 Å². The number of anilines is 2. The molecule has 3 rings (SSSR count). The number of carbonyl (C=O) groups excluding carboxylic acids is 2. The number of carbonyl (C=O) groups is 2. The SMILES string of the molecule is O=C(Nc1nccs1)C1CC(=O)N(c2ccc(Cl)cc2Cl)C1. The fraction of sp³-hybridized carbons (Fsp3) is 0.214. The maximum absolute atomic E-state index is 12.2. The van der Waals surface area contributed by atoms with E-state index in [9.17, 15) is 9.59 Å². The van der Waals surface area contributed by atoms with Gasteiger partial charge in [-0.2, -0.15) is 0 Å². The molecule has 5 nitrogen and oxygen atoms in total. The van der Waals surface area contributed by atoms with Crippen molar-refractivity contribution in [3.63, 3.8) is 0 Å². The third-order valence-electron chi connectivity index (χ3n) is 3.36. The van der Waals surface area contributed by atoms with Crippen LogP contribution in [0.4, 0.5) is 10.8 Å². The Kier molecular flexibility index (Phi) is 4.33. The monoisotopic (exact) mass is 355 g/mol. The summed E-state index contributed by atoms with van der Waals surface area (Å²) >= 11 is 13.3. The van der Waals surface area contributed by atoms with Crippen molar-refractivity contribution in [2.24, 2.45) is 5.92 Å². The predicted molar refractivity (Wildman–Crippen MR) is 87.7 cm³/mol. The minimum absolute atomic E-state index is 0.136. The van der Waals surface area contributed by atoms with Crippen LogP contribution in [0.2, 0.25) is 10.0 Å². The lowest BCUT2D eigenvalue weighted by Gasteiger charge is -2.18. The van der Waals surface area contributed by atoms with Crippen molar-refractivity contribution in [1.82, 2.24) is 4.98 Å². The van der Waals surface area contributed by atoms with Crippen LogP contribution in [0.25, 0.3) is 0 Å². The van der Waals surface area contributed by atoms with Gasteiger partial charge in [0.05, 0.1) is 16.6 Å². The average molecular weight is 356 g/mol. The number of aromatic nitrogens is 1. The van der Waals surface area contributed by atoms with Crippen LogP contribution in [0, 0.1) is 5.92 Å². The highest BCUT2D eigenvalue weighted by Crippen LogP contribution is 2.33. The number of amides is 2. The molecular formula is C14H11Cl2N3O2S. The molecule has 1 atom stereocenters. The van der Waals surface area contributed by atoms with Gasteiger partial charge in [-0.25, -0.2) is 4.98 Å². The van der Waals surface area contributed by atoms with Crippen LogP contribution in [0.5, 0.6) is 0 Å². The van der Waals surface area contributed by atoms with Crippen LogP contribution in [0.15, 0.2) is 29.8 Å². The van der Waals surface area contributed by atoms with E-state index < -0.39 is 5.92 Å². The molecule has 1 unspecified atom stereocenters. The van der Waals surface area contributed by atoms with Crippen molar-refractivity contribution in [3.05, 3.63) is 39.8 Å². The lowest BCUT2D eigenvalue weighted by Crippen LogP contribution is -2.28. The summed E-state index contributed by atoms with van der Waals surface area (Å²) in [5, 5.41) is 5.91.